The zero-order valence-corrected chi connectivity index (χ0v) is 20.5. The molecule has 0 saturated carbocycles. The maximum absolute atomic E-state index is 11.9. The van der Waals surface area contributed by atoms with Crippen molar-refractivity contribution in [2.45, 2.75) is 60.5 Å². The number of rotatable bonds is 17. The van der Waals surface area contributed by atoms with E-state index in [2.05, 4.69) is 17.2 Å². The van der Waals surface area contributed by atoms with Crippen molar-refractivity contribution in [3.8, 4) is 0 Å². The standard InChI is InChI=1S/C17H28N4O9Se2/c1-8(22)11(20-13(23)4-2-9(18)15(25)26)6-31-32-7-12(17(29)30)21-14(24)5-3-10(19)16(27)28/h9-12,22H,1-7,18-19H2,(H,20,23)(H,21,24)(H,25,26)(H,27,28)(H,29,30). The summed E-state index contributed by atoms with van der Waals surface area (Å²) in [6, 6.07) is -4.30. The van der Waals surface area contributed by atoms with Crippen LogP contribution in [0.2, 0.25) is 10.6 Å². The zero-order chi connectivity index (χ0) is 24.8. The van der Waals surface area contributed by atoms with Gasteiger partial charge in [-0.1, -0.05) is 0 Å². The maximum atomic E-state index is 11.9. The summed E-state index contributed by atoms with van der Waals surface area (Å²) < 4.78 is 0. The van der Waals surface area contributed by atoms with E-state index >= 15 is 0 Å². The third-order valence-electron chi connectivity index (χ3n) is 3.92. The quantitative estimate of drug-likeness (QED) is 0.0507. The van der Waals surface area contributed by atoms with Crippen molar-refractivity contribution in [3.63, 3.8) is 0 Å². The summed E-state index contributed by atoms with van der Waals surface area (Å²) >= 11 is -0.386. The Morgan fingerprint density at radius 2 is 1.09 bits per heavy atom. The van der Waals surface area contributed by atoms with Gasteiger partial charge in [0.05, 0.1) is 0 Å². The minimum absolute atomic E-state index is 0.0712. The van der Waals surface area contributed by atoms with Gasteiger partial charge < -0.3 is 0 Å². The van der Waals surface area contributed by atoms with E-state index in [1.165, 1.54) is 0 Å². The van der Waals surface area contributed by atoms with Gasteiger partial charge in [0.15, 0.2) is 0 Å². The molecule has 2 amide bonds. The molecule has 0 bridgehead atoms. The van der Waals surface area contributed by atoms with Crippen molar-refractivity contribution in [3.05, 3.63) is 12.3 Å². The molecule has 0 aliphatic heterocycles. The van der Waals surface area contributed by atoms with Crippen molar-refractivity contribution in [2.24, 2.45) is 11.5 Å². The molecule has 0 rings (SSSR count). The van der Waals surface area contributed by atoms with Gasteiger partial charge in [-0.15, -0.1) is 0 Å². The Labute approximate surface area is 195 Å². The number of carbonyl (C=O) groups is 5. The topological polar surface area (TPSA) is 242 Å². The van der Waals surface area contributed by atoms with Crippen molar-refractivity contribution in [2.75, 3.05) is 0 Å². The number of nitrogens with one attached hydrogen (secondary N) is 2. The summed E-state index contributed by atoms with van der Waals surface area (Å²) in [7, 11) is 0. The Kier molecular flexibility index (Phi) is 14.6. The average Bonchev–Trinajstić information content (AvgIpc) is 2.70. The van der Waals surface area contributed by atoms with E-state index in [1.54, 1.807) is 0 Å². The van der Waals surface area contributed by atoms with Gasteiger partial charge in [-0.05, 0) is 0 Å². The van der Waals surface area contributed by atoms with E-state index in [1.807, 2.05) is 0 Å². The van der Waals surface area contributed by atoms with Crippen LogP contribution < -0.4 is 22.1 Å². The fourth-order valence-electron chi connectivity index (χ4n) is 1.98. The molecule has 0 saturated heterocycles. The molecule has 32 heavy (non-hydrogen) atoms. The normalized spacial score (nSPS) is 14.4. The van der Waals surface area contributed by atoms with Crippen LogP contribution in [0.4, 0.5) is 0 Å². The molecule has 0 fully saturated rings. The second-order valence-corrected chi connectivity index (χ2v) is 14.1. The van der Waals surface area contributed by atoms with Crippen LogP contribution in [0, 0.1) is 0 Å². The van der Waals surface area contributed by atoms with Crippen LogP contribution >= 0.6 is 0 Å². The third kappa shape index (κ3) is 13.3. The second kappa shape index (κ2) is 15.6. The van der Waals surface area contributed by atoms with Gasteiger partial charge in [0.2, 0.25) is 0 Å². The summed E-state index contributed by atoms with van der Waals surface area (Å²) in [5, 5.41) is 41.7. The average molecular weight is 590 g/mol. The van der Waals surface area contributed by atoms with Crippen LogP contribution in [0.3, 0.4) is 0 Å². The number of aliphatic hydroxyl groups is 1. The Balaban J connectivity index is 4.46. The van der Waals surface area contributed by atoms with Crippen molar-refractivity contribution in [1.82, 2.24) is 10.6 Å². The number of amides is 2. The summed E-state index contributed by atoms with van der Waals surface area (Å²) in [6.45, 7) is 3.40. The molecular weight excluding hydrogens is 562 g/mol. The van der Waals surface area contributed by atoms with Gasteiger partial charge in [-0.25, -0.2) is 0 Å². The molecule has 0 aromatic carbocycles. The first-order valence-electron chi connectivity index (χ1n) is 9.25. The molecule has 0 aromatic heterocycles. The second-order valence-electron chi connectivity index (χ2n) is 6.61. The van der Waals surface area contributed by atoms with E-state index < -0.39 is 53.9 Å². The number of nitrogens with two attached hydrogens (primary N) is 2. The molecule has 4 atom stereocenters. The Bertz CT molecular complexity index is 650. The SMILES string of the molecule is C=C(O)C(C[Se][Se]CC(NC(=O)CCC(N)C(=O)O)C(=O)O)NC(=O)CCC(N)C(=O)O. The molecule has 0 aromatic rings. The number of carboxylic acids is 3. The molecule has 4 unspecified atom stereocenters. The summed E-state index contributed by atoms with van der Waals surface area (Å²) in [4.78, 5) is 56.4. The van der Waals surface area contributed by atoms with Gasteiger partial charge in [0.25, 0.3) is 0 Å². The van der Waals surface area contributed by atoms with Crippen molar-refractivity contribution >= 4 is 56.0 Å². The van der Waals surface area contributed by atoms with Crippen LogP contribution in [0.5, 0.6) is 0 Å². The molecule has 0 aliphatic carbocycles. The van der Waals surface area contributed by atoms with E-state index in [-0.39, 0.29) is 63.0 Å². The van der Waals surface area contributed by atoms with Crippen LogP contribution in [-0.2, 0) is 24.0 Å². The number of carbonyl (C=O) groups excluding carboxylic acids is 2. The molecule has 0 aliphatic rings. The van der Waals surface area contributed by atoms with Gasteiger partial charge >= 0.3 is 195 Å². The number of carboxylic acid groups (broad SMARTS) is 3. The van der Waals surface area contributed by atoms with E-state index in [0.29, 0.717) is 5.32 Å². The van der Waals surface area contributed by atoms with Crippen LogP contribution in [0.1, 0.15) is 25.7 Å². The Morgan fingerprint density at radius 1 is 0.719 bits per heavy atom. The predicted molar refractivity (Wildman–Crippen MR) is 114 cm³/mol. The molecule has 13 nitrogen and oxygen atoms in total. The molecule has 15 heteroatoms. The fourth-order valence-corrected chi connectivity index (χ4v) is 9.07. The third-order valence-corrected chi connectivity index (χ3v) is 11.0. The molecule has 0 radical (unpaired) electrons. The van der Waals surface area contributed by atoms with Gasteiger partial charge in [-0.3, -0.25) is 0 Å². The number of hydrogen-bond acceptors (Lipinski definition) is 8. The van der Waals surface area contributed by atoms with Crippen LogP contribution in [0.15, 0.2) is 12.3 Å². The monoisotopic (exact) mass is 592 g/mol. The Morgan fingerprint density at radius 3 is 1.44 bits per heavy atom. The van der Waals surface area contributed by atoms with Crippen molar-refractivity contribution in [1.29, 1.82) is 0 Å². The first-order valence-corrected chi connectivity index (χ1v) is 16.0. The zero-order valence-electron chi connectivity index (χ0n) is 17.1. The van der Waals surface area contributed by atoms with E-state index in [0.717, 1.165) is 0 Å². The Hall–Kier alpha value is -2.15. The van der Waals surface area contributed by atoms with Crippen molar-refractivity contribution < 1.29 is 44.4 Å². The molecule has 182 valence electrons. The molecule has 0 heterocycles. The first-order chi connectivity index (χ1) is 14.8. The summed E-state index contributed by atoms with van der Waals surface area (Å²) in [6.07, 6.45) is -0.564. The first kappa shape index (κ1) is 29.8. The minimum atomic E-state index is -1.25. The predicted octanol–water partition coefficient (Wildman–Crippen LogP) is -2.34. The van der Waals surface area contributed by atoms with Crippen LogP contribution in [0.25, 0.3) is 0 Å². The van der Waals surface area contributed by atoms with Crippen LogP contribution in [-0.4, -0.2) is 101 Å². The molecule has 0 spiro atoms. The van der Waals surface area contributed by atoms with Gasteiger partial charge in [0, 0.05) is 0 Å². The van der Waals surface area contributed by atoms with E-state index in [9.17, 15) is 34.2 Å². The van der Waals surface area contributed by atoms with Gasteiger partial charge in [0.1, 0.15) is 0 Å². The van der Waals surface area contributed by atoms with Gasteiger partial charge in [-0.2, -0.15) is 0 Å². The summed E-state index contributed by atoms with van der Waals surface area (Å²) in [5.41, 5.74) is 10.6. The fraction of sp³-hybridized carbons (Fsp3) is 0.588. The summed E-state index contributed by atoms with van der Waals surface area (Å²) in [5.74, 6) is -5.11. The molecule has 10 N–H and O–H groups in total. The molecular formula is C17H28N4O9Se2. The number of aliphatic carboxylic acids is 3. The number of hydrogen-bond donors (Lipinski definition) is 8. The van der Waals surface area contributed by atoms with E-state index in [4.69, 9.17) is 21.7 Å². The number of aliphatic hydroxyl groups excluding tert-OH is 1.